The van der Waals surface area contributed by atoms with Gasteiger partial charge < -0.3 is 14.9 Å². The van der Waals surface area contributed by atoms with Gasteiger partial charge in [0.1, 0.15) is 0 Å². The Morgan fingerprint density at radius 3 is 2.70 bits per heavy atom. The largest absolute Gasteiger partial charge is 0.436 e. The standard InChI is InChI=1S/C6H10O4/c7-4-2-1-3-6(9)10-5-8/h1,3,7-8H,2,4-5H2/b3-1+. The third-order valence-corrected chi connectivity index (χ3v) is 0.757. The van der Waals surface area contributed by atoms with E-state index in [1.165, 1.54) is 6.08 Å². The van der Waals surface area contributed by atoms with Crippen molar-refractivity contribution in [3.63, 3.8) is 0 Å². The second-order valence-corrected chi connectivity index (χ2v) is 1.51. The van der Waals surface area contributed by atoms with E-state index in [2.05, 4.69) is 4.74 Å². The van der Waals surface area contributed by atoms with E-state index in [0.29, 0.717) is 6.42 Å². The van der Waals surface area contributed by atoms with Crippen molar-refractivity contribution in [2.75, 3.05) is 13.4 Å². The first-order valence-corrected chi connectivity index (χ1v) is 2.86. The van der Waals surface area contributed by atoms with Crippen molar-refractivity contribution in [1.82, 2.24) is 0 Å². The maximum Gasteiger partial charge on any atom is 0.332 e. The fourth-order valence-electron chi connectivity index (χ4n) is 0.366. The van der Waals surface area contributed by atoms with Crippen molar-refractivity contribution >= 4 is 5.97 Å². The number of aliphatic hydroxyl groups is 2. The Hall–Kier alpha value is -0.870. The van der Waals surface area contributed by atoms with Crippen LogP contribution in [-0.4, -0.2) is 29.6 Å². The maximum atomic E-state index is 10.4. The van der Waals surface area contributed by atoms with Crippen LogP contribution >= 0.6 is 0 Å². The quantitative estimate of drug-likeness (QED) is 0.316. The van der Waals surface area contributed by atoms with Gasteiger partial charge in [0, 0.05) is 12.7 Å². The summed E-state index contributed by atoms with van der Waals surface area (Å²) in [5.74, 6) is -0.601. The van der Waals surface area contributed by atoms with Crippen LogP contribution in [-0.2, 0) is 9.53 Å². The van der Waals surface area contributed by atoms with Gasteiger partial charge >= 0.3 is 5.97 Å². The number of esters is 1. The van der Waals surface area contributed by atoms with E-state index in [1.807, 2.05) is 0 Å². The molecular formula is C6H10O4. The van der Waals surface area contributed by atoms with Crippen LogP contribution in [0.25, 0.3) is 0 Å². The average molecular weight is 146 g/mol. The summed E-state index contributed by atoms with van der Waals surface area (Å²) < 4.78 is 4.14. The number of ether oxygens (including phenoxy) is 1. The minimum Gasteiger partial charge on any atom is -0.436 e. The van der Waals surface area contributed by atoms with Crippen LogP contribution in [0.5, 0.6) is 0 Å². The van der Waals surface area contributed by atoms with E-state index in [-0.39, 0.29) is 6.61 Å². The van der Waals surface area contributed by atoms with Crippen molar-refractivity contribution in [3.05, 3.63) is 12.2 Å². The van der Waals surface area contributed by atoms with Gasteiger partial charge in [0.05, 0.1) is 0 Å². The van der Waals surface area contributed by atoms with E-state index in [9.17, 15) is 4.79 Å². The van der Waals surface area contributed by atoms with Crippen LogP contribution in [0.4, 0.5) is 0 Å². The normalized spacial score (nSPS) is 10.2. The lowest BCUT2D eigenvalue weighted by Gasteiger charge is -1.92. The lowest BCUT2D eigenvalue weighted by Crippen LogP contribution is -2.00. The molecule has 58 valence electrons. The lowest BCUT2D eigenvalue weighted by molar-refractivity contribution is -0.145. The molecule has 0 bridgehead atoms. The van der Waals surface area contributed by atoms with E-state index >= 15 is 0 Å². The second-order valence-electron chi connectivity index (χ2n) is 1.51. The Labute approximate surface area is 58.7 Å². The molecule has 0 aromatic rings. The summed E-state index contributed by atoms with van der Waals surface area (Å²) in [5, 5.41) is 16.3. The number of aliphatic hydroxyl groups excluding tert-OH is 2. The molecule has 0 atom stereocenters. The lowest BCUT2D eigenvalue weighted by atomic mass is 10.4. The summed E-state index contributed by atoms with van der Waals surface area (Å²) in [6.45, 7) is -0.606. The highest BCUT2D eigenvalue weighted by molar-refractivity contribution is 5.81. The molecule has 0 heterocycles. The summed E-state index contributed by atoms with van der Waals surface area (Å²) >= 11 is 0. The molecule has 0 aromatic carbocycles. The van der Waals surface area contributed by atoms with Gasteiger partial charge in [-0.2, -0.15) is 0 Å². The molecule has 0 aliphatic heterocycles. The average Bonchev–Trinajstić information content (AvgIpc) is 1.89. The summed E-state index contributed by atoms with van der Waals surface area (Å²) in [6, 6.07) is 0. The Bertz CT molecular complexity index is 119. The first kappa shape index (κ1) is 9.13. The molecule has 0 aromatic heterocycles. The predicted octanol–water partition coefficient (Wildman–Crippen LogP) is -0.582. The van der Waals surface area contributed by atoms with Crippen molar-refractivity contribution in [2.45, 2.75) is 6.42 Å². The fraction of sp³-hybridized carbons (Fsp3) is 0.500. The van der Waals surface area contributed by atoms with Crippen LogP contribution in [0, 0.1) is 0 Å². The molecule has 0 saturated heterocycles. The molecule has 0 fully saturated rings. The monoisotopic (exact) mass is 146 g/mol. The van der Waals surface area contributed by atoms with Crippen LogP contribution in [0.3, 0.4) is 0 Å². The second kappa shape index (κ2) is 6.25. The zero-order chi connectivity index (χ0) is 7.82. The molecule has 2 N–H and O–H groups in total. The Morgan fingerprint density at radius 2 is 2.20 bits per heavy atom. The summed E-state index contributed by atoms with van der Waals surface area (Å²) in [5.41, 5.74) is 0. The van der Waals surface area contributed by atoms with Crippen molar-refractivity contribution in [2.24, 2.45) is 0 Å². The van der Waals surface area contributed by atoms with E-state index in [0.717, 1.165) is 6.08 Å². The summed E-state index contributed by atoms with van der Waals surface area (Å²) in [7, 11) is 0. The maximum absolute atomic E-state index is 10.4. The van der Waals surface area contributed by atoms with Gasteiger partial charge in [-0.25, -0.2) is 4.79 Å². The highest BCUT2D eigenvalue weighted by atomic mass is 16.6. The molecule has 0 saturated carbocycles. The van der Waals surface area contributed by atoms with Crippen LogP contribution in [0.2, 0.25) is 0 Å². The van der Waals surface area contributed by atoms with E-state index < -0.39 is 12.8 Å². The van der Waals surface area contributed by atoms with Gasteiger partial charge in [-0.3, -0.25) is 0 Å². The molecule has 0 unspecified atom stereocenters. The van der Waals surface area contributed by atoms with E-state index in [1.54, 1.807) is 0 Å². The topological polar surface area (TPSA) is 66.8 Å². The molecule has 0 aliphatic rings. The zero-order valence-electron chi connectivity index (χ0n) is 5.49. The molecule has 4 nitrogen and oxygen atoms in total. The third kappa shape index (κ3) is 5.27. The molecule has 0 aliphatic carbocycles. The summed E-state index contributed by atoms with van der Waals surface area (Å²) in [6.07, 6.45) is 3.05. The Morgan fingerprint density at radius 1 is 1.50 bits per heavy atom. The summed E-state index contributed by atoms with van der Waals surface area (Å²) in [4.78, 5) is 10.4. The van der Waals surface area contributed by atoms with Crippen molar-refractivity contribution in [3.8, 4) is 0 Å². The minimum absolute atomic E-state index is 0.00288. The Balaban J connectivity index is 3.36. The fourth-order valence-corrected chi connectivity index (χ4v) is 0.366. The number of carbonyl (C=O) groups is 1. The zero-order valence-corrected chi connectivity index (χ0v) is 5.49. The number of carbonyl (C=O) groups excluding carboxylic acids is 1. The van der Waals surface area contributed by atoms with E-state index in [4.69, 9.17) is 10.2 Å². The van der Waals surface area contributed by atoms with Crippen LogP contribution < -0.4 is 0 Å². The van der Waals surface area contributed by atoms with Gasteiger partial charge in [-0.05, 0) is 6.42 Å². The Kier molecular flexibility index (Phi) is 5.71. The highest BCUT2D eigenvalue weighted by Crippen LogP contribution is 1.83. The first-order chi connectivity index (χ1) is 4.81. The molecule has 4 heteroatoms. The number of hydrogen-bond donors (Lipinski definition) is 2. The predicted molar refractivity (Wildman–Crippen MR) is 34.0 cm³/mol. The molecule has 0 radical (unpaired) electrons. The van der Waals surface area contributed by atoms with Crippen molar-refractivity contribution < 1.29 is 19.7 Å². The molecule has 0 spiro atoms. The first-order valence-electron chi connectivity index (χ1n) is 2.86. The van der Waals surface area contributed by atoms with Crippen LogP contribution in [0.15, 0.2) is 12.2 Å². The highest BCUT2D eigenvalue weighted by Gasteiger charge is 1.91. The SMILES string of the molecule is O=C(/C=C/CCO)OCO. The van der Waals surface area contributed by atoms with Gasteiger partial charge in [-0.15, -0.1) is 0 Å². The molecule has 0 amide bonds. The van der Waals surface area contributed by atoms with Gasteiger partial charge in [0.25, 0.3) is 0 Å². The van der Waals surface area contributed by atoms with Crippen molar-refractivity contribution in [1.29, 1.82) is 0 Å². The third-order valence-electron chi connectivity index (χ3n) is 0.757. The minimum atomic E-state index is -0.609. The number of rotatable bonds is 4. The van der Waals surface area contributed by atoms with Crippen LogP contribution in [0.1, 0.15) is 6.42 Å². The number of hydrogen-bond acceptors (Lipinski definition) is 4. The molecular weight excluding hydrogens is 136 g/mol. The van der Waals surface area contributed by atoms with Gasteiger partial charge in [0.15, 0.2) is 6.79 Å². The van der Waals surface area contributed by atoms with Gasteiger partial charge in [0.2, 0.25) is 0 Å². The smallest absolute Gasteiger partial charge is 0.332 e. The van der Waals surface area contributed by atoms with Gasteiger partial charge in [-0.1, -0.05) is 6.08 Å². The molecule has 10 heavy (non-hydrogen) atoms. The molecule has 0 rings (SSSR count).